The Labute approximate surface area is 121 Å². The molecule has 0 amide bonds. The van der Waals surface area contributed by atoms with Crippen molar-refractivity contribution in [2.24, 2.45) is 0 Å². The predicted octanol–water partition coefficient (Wildman–Crippen LogP) is 4.74. The molecular weight excluding hydrogens is 274 g/mol. The Morgan fingerprint density at radius 3 is 2.65 bits per heavy atom. The van der Waals surface area contributed by atoms with Crippen LogP contribution in [0.5, 0.6) is 0 Å². The van der Waals surface area contributed by atoms with Gasteiger partial charge in [0.2, 0.25) is 5.78 Å². The van der Waals surface area contributed by atoms with Crippen molar-refractivity contribution in [3.63, 3.8) is 0 Å². The van der Waals surface area contributed by atoms with Crippen LogP contribution in [0.1, 0.15) is 24.0 Å². The van der Waals surface area contributed by atoms with Gasteiger partial charge in [0.05, 0.1) is 5.02 Å². The molecule has 0 aliphatic rings. The van der Waals surface area contributed by atoms with Crippen molar-refractivity contribution >= 4 is 28.5 Å². The Morgan fingerprint density at radius 1 is 1.20 bits per heavy atom. The molecule has 3 aromatic rings. The van der Waals surface area contributed by atoms with Gasteiger partial charge in [-0.05, 0) is 17.7 Å². The lowest BCUT2D eigenvalue weighted by molar-refractivity contribution is 0.0957. The summed E-state index contributed by atoms with van der Waals surface area (Å²) in [5.74, 6) is 0.0262. The number of carbonyl (C=O) groups excluding carboxylic acids is 1. The molecule has 0 aliphatic carbocycles. The van der Waals surface area contributed by atoms with Gasteiger partial charge in [0.1, 0.15) is 5.52 Å². The summed E-state index contributed by atoms with van der Waals surface area (Å²) in [4.78, 5) is 16.0. The van der Waals surface area contributed by atoms with Gasteiger partial charge >= 0.3 is 0 Å². The lowest BCUT2D eigenvalue weighted by Gasteiger charge is -2.04. The molecule has 0 fully saturated rings. The van der Waals surface area contributed by atoms with Gasteiger partial charge in [-0.3, -0.25) is 4.79 Å². The maximum Gasteiger partial charge on any atom is 0.264 e. The Balaban J connectivity index is 2.28. The number of halogens is 1. The summed E-state index contributed by atoms with van der Waals surface area (Å²) in [6, 6.07) is 13.2. The highest BCUT2D eigenvalue weighted by atomic mass is 35.5. The molecule has 1 aromatic heterocycles. The van der Waals surface area contributed by atoms with Crippen LogP contribution in [-0.4, -0.2) is 10.8 Å². The Bertz CT molecular complexity index is 778. The van der Waals surface area contributed by atoms with Crippen molar-refractivity contribution in [3.8, 4) is 11.1 Å². The third kappa shape index (κ3) is 2.10. The number of hydrogen-bond acceptors (Lipinski definition) is 3. The van der Waals surface area contributed by atoms with Crippen LogP contribution in [-0.2, 0) is 0 Å². The number of benzene rings is 2. The monoisotopic (exact) mass is 285 g/mol. The van der Waals surface area contributed by atoms with E-state index in [0.29, 0.717) is 22.5 Å². The van der Waals surface area contributed by atoms with Gasteiger partial charge in [0.25, 0.3) is 5.89 Å². The van der Waals surface area contributed by atoms with Crippen LogP contribution in [0.4, 0.5) is 0 Å². The summed E-state index contributed by atoms with van der Waals surface area (Å²) in [5.41, 5.74) is 2.95. The Kier molecular flexibility index (Phi) is 3.28. The first-order valence-electron chi connectivity index (χ1n) is 6.38. The van der Waals surface area contributed by atoms with E-state index in [0.717, 1.165) is 11.1 Å². The van der Waals surface area contributed by atoms with Gasteiger partial charge in [-0.2, -0.15) is 0 Å². The van der Waals surface area contributed by atoms with Crippen LogP contribution in [0.15, 0.2) is 46.9 Å². The number of ketones is 1. The molecule has 0 radical (unpaired) electrons. The van der Waals surface area contributed by atoms with Crippen molar-refractivity contribution in [1.82, 2.24) is 4.98 Å². The molecule has 0 bridgehead atoms. The number of hydrogen-bond donors (Lipinski definition) is 0. The minimum absolute atomic E-state index is 0.115. The fourth-order valence-electron chi connectivity index (χ4n) is 2.12. The second-order valence-electron chi connectivity index (χ2n) is 4.43. The van der Waals surface area contributed by atoms with Crippen molar-refractivity contribution in [2.45, 2.75) is 13.3 Å². The highest BCUT2D eigenvalue weighted by Crippen LogP contribution is 2.35. The summed E-state index contributed by atoms with van der Waals surface area (Å²) >= 11 is 6.29. The highest BCUT2D eigenvalue weighted by molar-refractivity contribution is 6.34. The fourth-order valence-corrected chi connectivity index (χ4v) is 2.38. The predicted molar refractivity (Wildman–Crippen MR) is 79.1 cm³/mol. The number of rotatable bonds is 3. The molecule has 4 heteroatoms. The molecule has 0 N–H and O–H groups in total. The maximum atomic E-state index is 11.7. The van der Waals surface area contributed by atoms with Crippen LogP contribution in [0, 0.1) is 0 Å². The largest absolute Gasteiger partial charge is 0.434 e. The minimum Gasteiger partial charge on any atom is -0.434 e. The number of aromatic nitrogens is 1. The van der Waals surface area contributed by atoms with E-state index in [1.807, 2.05) is 30.3 Å². The topological polar surface area (TPSA) is 43.1 Å². The van der Waals surface area contributed by atoms with E-state index in [1.165, 1.54) is 0 Å². The van der Waals surface area contributed by atoms with Crippen molar-refractivity contribution in [2.75, 3.05) is 0 Å². The molecule has 0 unspecified atom stereocenters. The number of carbonyl (C=O) groups is 1. The summed E-state index contributed by atoms with van der Waals surface area (Å²) in [6.45, 7) is 1.78. The van der Waals surface area contributed by atoms with E-state index in [4.69, 9.17) is 16.0 Å². The Morgan fingerprint density at radius 2 is 1.95 bits per heavy atom. The zero-order valence-electron chi connectivity index (χ0n) is 10.9. The summed E-state index contributed by atoms with van der Waals surface area (Å²) in [5, 5.41) is 0.590. The lowest BCUT2D eigenvalue weighted by atomic mass is 10.0. The molecule has 2 aromatic carbocycles. The number of Topliss-reactive ketones (excluding diaryl/α,β-unsaturated/α-hetero) is 1. The van der Waals surface area contributed by atoms with Crippen LogP contribution < -0.4 is 0 Å². The van der Waals surface area contributed by atoms with E-state index in [-0.39, 0.29) is 11.7 Å². The standard InChI is InChI=1S/C16H12ClNO2/c1-2-12(19)16-18-15-13(20-16)9-8-11(17)14(15)10-6-4-3-5-7-10/h3-9H,2H2,1H3. The highest BCUT2D eigenvalue weighted by Gasteiger charge is 2.17. The summed E-state index contributed by atoms with van der Waals surface area (Å²) < 4.78 is 5.52. The normalized spacial score (nSPS) is 10.9. The molecule has 0 saturated carbocycles. The minimum atomic E-state index is -0.115. The average molecular weight is 286 g/mol. The van der Waals surface area contributed by atoms with Gasteiger partial charge in [-0.1, -0.05) is 48.9 Å². The SMILES string of the molecule is CCC(=O)c1nc2c(-c3ccccc3)c(Cl)ccc2o1. The third-order valence-electron chi connectivity index (χ3n) is 3.13. The average Bonchev–Trinajstić information content (AvgIpc) is 2.91. The first-order valence-corrected chi connectivity index (χ1v) is 6.76. The van der Waals surface area contributed by atoms with Gasteiger partial charge in [0.15, 0.2) is 5.58 Å². The van der Waals surface area contributed by atoms with Crippen molar-refractivity contribution in [3.05, 3.63) is 53.4 Å². The molecule has 3 nitrogen and oxygen atoms in total. The summed E-state index contributed by atoms with van der Waals surface area (Å²) in [7, 11) is 0. The first-order chi connectivity index (χ1) is 9.70. The number of fused-ring (bicyclic) bond motifs is 1. The van der Waals surface area contributed by atoms with Crippen LogP contribution >= 0.6 is 11.6 Å². The zero-order chi connectivity index (χ0) is 14.1. The van der Waals surface area contributed by atoms with E-state index < -0.39 is 0 Å². The smallest absolute Gasteiger partial charge is 0.264 e. The molecule has 0 atom stereocenters. The number of nitrogens with zero attached hydrogens (tertiary/aromatic N) is 1. The summed E-state index contributed by atoms with van der Waals surface area (Å²) in [6.07, 6.45) is 0.362. The van der Waals surface area contributed by atoms with E-state index in [2.05, 4.69) is 4.98 Å². The Hall–Kier alpha value is -2.13. The molecule has 0 aliphatic heterocycles. The second kappa shape index (κ2) is 5.10. The molecule has 100 valence electrons. The van der Waals surface area contributed by atoms with E-state index in [9.17, 15) is 4.79 Å². The number of oxazole rings is 1. The van der Waals surface area contributed by atoms with Gasteiger partial charge in [0, 0.05) is 12.0 Å². The first kappa shape index (κ1) is 12.9. The quantitative estimate of drug-likeness (QED) is 0.653. The van der Waals surface area contributed by atoms with Crippen molar-refractivity contribution in [1.29, 1.82) is 0 Å². The third-order valence-corrected chi connectivity index (χ3v) is 3.45. The second-order valence-corrected chi connectivity index (χ2v) is 4.84. The lowest BCUT2D eigenvalue weighted by Crippen LogP contribution is -1.95. The zero-order valence-corrected chi connectivity index (χ0v) is 11.6. The fraction of sp³-hybridized carbons (Fsp3) is 0.125. The molecule has 0 spiro atoms. The van der Waals surface area contributed by atoms with Crippen LogP contribution in [0.25, 0.3) is 22.2 Å². The maximum absolute atomic E-state index is 11.7. The van der Waals surface area contributed by atoms with Crippen molar-refractivity contribution < 1.29 is 9.21 Å². The van der Waals surface area contributed by atoms with E-state index >= 15 is 0 Å². The molecular formula is C16H12ClNO2. The molecule has 0 saturated heterocycles. The molecule has 1 heterocycles. The van der Waals surface area contributed by atoms with E-state index in [1.54, 1.807) is 19.1 Å². The van der Waals surface area contributed by atoms with Crippen LogP contribution in [0.3, 0.4) is 0 Å². The van der Waals surface area contributed by atoms with Gasteiger partial charge in [-0.25, -0.2) is 4.98 Å². The van der Waals surface area contributed by atoms with Gasteiger partial charge in [-0.15, -0.1) is 0 Å². The molecule has 20 heavy (non-hydrogen) atoms. The van der Waals surface area contributed by atoms with Crippen LogP contribution in [0.2, 0.25) is 5.02 Å². The van der Waals surface area contributed by atoms with Gasteiger partial charge < -0.3 is 4.42 Å². The molecule has 3 rings (SSSR count).